The van der Waals surface area contributed by atoms with E-state index in [1.807, 2.05) is 6.92 Å². The van der Waals surface area contributed by atoms with E-state index in [-0.39, 0.29) is 21.9 Å². The van der Waals surface area contributed by atoms with E-state index in [0.717, 1.165) is 6.42 Å². The van der Waals surface area contributed by atoms with Gasteiger partial charge < -0.3 is 14.8 Å². The fourth-order valence-corrected chi connectivity index (χ4v) is 2.65. The van der Waals surface area contributed by atoms with E-state index in [9.17, 15) is 14.4 Å². The number of anilines is 1. The van der Waals surface area contributed by atoms with Crippen LogP contribution in [0.15, 0.2) is 54.2 Å². The molecule has 0 aromatic heterocycles. The molecule has 0 amide bonds. The summed E-state index contributed by atoms with van der Waals surface area (Å²) < 4.78 is 10.2. The number of esters is 2. The molecule has 1 aliphatic rings. The van der Waals surface area contributed by atoms with Crippen molar-refractivity contribution in [3.8, 4) is 5.75 Å². The topological polar surface area (TPSA) is 81.7 Å². The summed E-state index contributed by atoms with van der Waals surface area (Å²) in [4.78, 5) is 36.4. The summed E-state index contributed by atoms with van der Waals surface area (Å²) in [5.41, 5.74) is 1.09. The van der Waals surface area contributed by atoms with Crippen LogP contribution in [0.4, 0.5) is 5.69 Å². The van der Waals surface area contributed by atoms with Crippen molar-refractivity contribution in [1.29, 1.82) is 0 Å². The number of ketones is 1. The minimum atomic E-state index is -0.784. The zero-order valence-corrected chi connectivity index (χ0v) is 15.2. The lowest BCUT2D eigenvalue weighted by Crippen LogP contribution is -2.26. The molecular formula is C20H16ClNO5. The molecule has 3 rings (SSSR count). The van der Waals surface area contributed by atoms with Crippen LogP contribution in [0.3, 0.4) is 0 Å². The molecule has 0 atom stereocenters. The van der Waals surface area contributed by atoms with Gasteiger partial charge in [0.05, 0.1) is 22.8 Å². The van der Waals surface area contributed by atoms with Gasteiger partial charge in [-0.05, 0) is 42.8 Å². The van der Waals surface area contributed by atoms with Gasteiger partial charge in [-0.3, -0.25) is 4.79 Å². The van der Waals surface area contributed by atoms with E-state index in [2.05, 4.69) is 5.32 Å². The molecule has 1 heterocycles. The van der Waals surface area contributed by atoms with Crippen LogP contribution in [0.1, 0.15) is 34.1 Å². The first kappa shape index (κ1) is 18.7. The fraction of sp³-hybridized carbons (Fsp3) is 0.150. The second-order valence-corrected chi connectivity index (χ2v) is 6.16. The Kier molecular flexibility index (Phi) is 5.57. The highest BCUT2D eigenvalue weighted by Gasteiger charge is 2.32. The van der Waals surface area contributed by atoms with Gasteiger partial charge in [-0.2, -0.15) is 0 Å². The molecule has 0 aliphatic carbocycles. The SMILES string of the molecule is CCCOC(=O)c1ccc(NC=C2C(=O)Oc3c(Cl)cccc3C2=O)cc1. The molecule has 2 aromatic carbocycles. The molecule has 138 valence electrons. The van der Waals surface area contributed by atoms with Crippen LogP contribution in [-0.4, -0.2) is 24.3 Å². The highest BCUT2D eigenvalue weighted by molar-refractivity contribution is 6.35. The first-order valence-electron chi connectivity index (χ1n) is 8.30. The van der Waals surface area contributed by atoms with Crippen molar-refractivity contribution in [2.45, 2.75) is 13.3 Å². The third-order valence-electron chi connectivity index (χ3n) is 3.81. The van der Waals surface area contributed by atoms with Gasteiger partial charge in [0.25, 0.3) is 0 Å². The maximum absolute atomic E-state index is 12.5. The first-order chi connectivity index (χ1) is 13.0. The van der Waals surface area contributed by atoms with E-state index < -0.39 is 17.7 Å². The van der Waals surface area contributed by atoms with Crippen molar-refractivity contribution >= 4 is 35.0 Å². The van der Waals surface area contributed by atoms with Gasteiger partial charge in [-0.25, -0.2) is 9.59 Å². The summed E-state index contributed by atoms with van der Waals surface area (Å²) in [6, 6.07) is 11.2. The maximum Gasteiger partial charge on any atom is 0.349 e. The van der Waals surface area contributed by atoms with Crippen molar-refractivity contribution in [3.05, 3.63) is 70.4 Å². The predicted molar refractivity (Wildman–Crippen MR) is 100 cm³/mol. The highest BCUT2D eigenvalue weighted by Crippen LogP contribution is 2.34. The number of Topliss-reactive ketones (excluding diaryl/α,β-unsaturated/α-hetero) is 1. The van der Waals surface area contributed by atoms with Crippen LogP contribution in [0.2, 0.25) is 5.02 Å². The van der Waals surface area contributed by atoms with E-state index >= 15 is 0 Å². The third-order valence-corrected chi connectivity index (χ3v) is 4.11. The lowest BCUT2D eigenvalue weighted by Gasteiger charge is -2.17. The number of para-hydroxylation sites is 1. The number of rotatable bonds is 5. The Morgan fingerprint density at radius 3 is 2.63 bits per heavy atom. The van der Waals surface area contributed by atoms with Crippen molar-refractivity contribution in [1.82, 2.24) is 0 Å². The average Bonchev–Trinajstić information content (AvgIpc) is 2.67. The highest BCUT2D eigenvalue weighted by atomic mass is 35.5. The van der Waals surface area contributed by atoms with Crippen LogP contribution in [-0.2, 0) is 9.53 Å². The molecule has 1 aliphatic heterocycles. The molecule has 0 saturated heterocycles. The zero-order chi connectivity index (χ0) is 19.4. The Balaban J connectivity index is 1.75. The van der Waals surface area contributed by atoms with Crippen LogP contribution in [0, 0.1) is 0 Å². The van der Waals surface area contributed by atoms with Gasteiger partial charge in [-0.15, -0.1) is 0 Å². The number of nitrogens with one attached hydrogen (secondary N) is 1. The number of benzene rings is 2. The largest absolute Gasteiger partial charge is 0.462 e. The summed E-state index contributed by atoms with van der Waals surface area (Å²) in [5.74, 6) is -1.59. The van der Waals surface area contributed by atoms with Crippen molar-refractivity contribution in [2.75, 3.05) is 11.9 Å². The zero-order valence-electron chi connectivity index (χ0n) is 14.5. The fourth-order valence-electron chi connectivity index (χ4n) is 2.44. The first-order valence-corrected chi connectivity index (χ1v) is 8.68. The van der Waals surface area contributed by atoms with Crippen LogP contribution >= 0.6 is 11.6 Å². The van der Waals surface area contributed by atoms with Crippen LogP contribution in [0.5, 0.6) is 5.75 Å². The number of ether oxygens (including phenoxy) is 2. The molecule has 6 nitrogen and oxygen atoms in total. The molecule has 7 heteroatoms. The standard InChI is InChI=1S/C20H16ClNO5/c1-2-10-26-19(24)12-6-8-13(9-7-12)22-11-15-17(23)14-4-3-5-16(21)18(14)27-20(15)25/h3-9,11,22H,2,10H2,1H3. The van der Waals surface area contributed by atoms with E-state index in [4.69, 9.17) is 21.1 Å². The molecule has 1 N–H and O–H groups in total. The number of hydrogen-bond donors (Lipinski definition) is 1. The number of hydrogen-bond acceptors (Lipinski definition) is 6. The van der Waals surface area contributed by atoms with Crippen molar-refractivity contribution < 1.29 is 23.9 Å². The molecule has 0 unspecified atom stereocenters. The molecular weight excluding hydrogens is 370 g/mol. The van der Waals surface area contributed by atoms with Crippen LogP contribution < -0.4 is 10.1 Å². The summed E-state index contributed by atoms with van der Waals surface area (Å²) in [7, 11) is 0. The van der Waals surface area contributed by atoms with Crippen molar-refractivity contribution in [3.63, 3.8) is 0 Å². The number of carbonyl (C=O) groups excluding carboxylic acids is 3. The second-order valence-electron chi connectivity index (χ2n) is 5.75. The molecule has 27 heavy (non-hydrogen) atoms. The monoisotopic (exact) mass is 385 g/mol. The summed E-state index contributed by atoms with van der Waals surface area (Å²) >= 11 is 5.96. The second kappa shape index (κ2) is 8.05. The van der Waals surface area contributed by atoms with Gasteiger partial charge >= 0.3 is 11.9 Å². The normalized spacial score (nSPS) is 14.5. The van der Waals surface area contributed by atoms with Crippen molar-refractivity contribution in [2.24, 2.45) is 0 Å². The summed E-state index contributed by atoms with van der Waals surface area (Å²) in [5, 5.41) is 3.06. The number of halogens is 1. The molecule has 2 aromatic rings. The molecule has 0 bridgehead atoms. The molecule has 0 fully saturated rings. The Morgan fingerprint density at radius 2 is 1.93 bits per heavy atom. The molecule has 0 saturated carbocycles. The number of carbonyl (C=O) groups is 3. The molecule has 0 radical (unpaired) electrons. The maximum atomic E-state index is 12.5. The minimum absolute atomic E-state index is 0.0706. The quantitative estimate of drug-likeness (QED) is 0.362. The van der Waals surface area contributed by atoms with Gasteiger partial charge in [0.1, 0.15) is 5.57 Å². The van der Waals surface area contributed by atoms with E-state index in [1.165, 1.54) is 6.20 Å². The van der Waals surface area contributed by atoms with E-state index in [1.54, 1.807) is 42.5 Å². The average molecular weight is 386 g/mol. The van der Waals surface area contributed by atoms with E-state index in [0.29, 0.717) is 17.9 Å². The van der Waals surface area contributed by atoms with Gasteiger partial charge in [0.2, 0.25) is 5.78 Å². The van der Waals surface area contributed by atoms with Gasteiger partial charge in [-0.1, -0.05) is 24.6 Å². The Labute approximate surface area is 160 Å². The summed E-state index contributed by atoms with van der Waals surface area (Å²) in [6.07, 6.45) is 2.02. The smallest absolute Gasteiger partial charge is 0.349 e. The predicted octanol–water partition coefficient (Wildman–Crippen LogP) is 4.00. The lowest BCUT2D eigenvalue weighted by molar-refractivity contribution is -0.130. The lowest BCUT2D eigenvalue weighted by atomic mass is 10.0. The van der Waals surface area contributed by atoms with Gasteiger partial charge in [0, 0.05) is 11.9 Å². The Morgan fingerprint density at radius 1 is 1.19 bits per heavy atom. The Bertz CT molecular complexity index is 934. The number of fused-ring (bicyclic) bond motifs is 1. The minimum Gasteiger partial charge on any atom is -0.462 e. The molecule has 0 spiro atoms. The Hall–Kier alpha value is -3.12. The van der Waals surface area contributed by atoms with Gasteiger partial charge in [0.15, 0.2) is 5.75 Å². The van der Waals surface area contributed by atoms with Crippen LogP contribution in [0.25, 0.3) is 0 Å². The third kappa shape index (κ3) is 4.01. The summed E-state index contributed by atoms with van der Waals surface area (Å²) in [6.45, 7) is 2.28.